The van der Waals surface area contributed by atoms with Crippen LogP contribution in [0.4, 0.5) is 10.1 Å². The molecule has 1 aromatic carbocycles. The van der Waals surface area contributed by atoms with Gasteiger partial charge in [0.2, 0.25) is 0 Å². The van der Waals surface area contributed by atoms with E-state index in [0.717, 1.165) is 6.42 Å². The van der Waals surface area contributed by atoms with Gasteiger partial charge in [0.25, 0.3) is 0 Å². The third kappa shape index (κ3) is 4.04. The second-order valence-corrected chi connectivity index (χ2v) is 4.22. The van der Waals surface area contributed by atoms with Crippen LogP contribution in [0.2, 0.25) is 0 Å². The molecule has 1 aromatic rings. The Morgan fingerprint density at radius 3 is 2.83 bits per heavy atom. The number of anilines is 1. The van der Waals surface area contributed by atoms with Crippen LogP contribution < -0.4 is 9.64 Å². The monoisotopic (exact) mass is 253 g/mol. The fourth-order valence-corrected chi connectivity index (χ4v) is 1.72. The lowest BCUT2D eigenvalue weighted by Crippen LogP contribution is -2.28. The van der Waals surface area contributed by atoms with Crippen molar-refractivity contribution >= 4 is 5.69 Å². The molecule has 0 saturated heterocycles. The average molecular weight is 253 g/mol. The van der Waals surface area contributed by atoms with E-state index < -0.39 is 11.9 Å². The van der Waals surface area contributed by atoms with Crippen molar-refractivity contribution in [3.63, 3.8) is 0 Å². The largest absolute Gasteiger partial charge is 0.494 e. The molecular weight excluding hydrogens is 233 g/mol. The molecule has 0 aliphatic heterocycles. The van der Waals surface area contributed by atoms with Gasteiger partial charge in [0.15, 0.2) is 11.6 Å². The second-order valence-electron chi connectivity index (χ2n) is 4.22. The van der Waals surface area contributed by atoms with Crippen molar-refractivity contribution in [2.24, 2.45) is 0 Å². The molecule has 0 heterocycles. The zero-order chi connectivity index (χ0) is 13.5. The van der Waals surface area contributed by atoms with E-state index in [0.29, 0.717) is 18.7 Å². The predicted molar refractivity (Wildman–Crippen MR) is 71.7 cm³/mol. The molecule has 0 aliphatic rings. The molecule has 0 radical (unpaired) electrons. The van der Waals surface area contributed by atoms with Crippen molar-refractivity contribution in [3.8, 4) is 5.75 Å². The van der Waals surface area contributed by atoms with E-state index >= 15 is 0 Å². The van der Waals surface area contributed by atoms with Crippen LogP contribution in [0.1, 0.15) is 12.8 Å². The molecule has 0 amide bonds. The van der Waals surface area contributed by atoms with Crippen molar-refractivity contribution in [3.05, 3.63) is 36.7 Å². The van der Waals surface area contributed by atoms with Crippen LogP contribution in [0.5, 0.6) is 5.75 Å². The van der Waals surface area contributed by atoms with Gasteiger partial charge in [-0.3, -0.25) is 0 Å². The lowest BCUT2D eigenvalue weighted by atomic mass is 10.2. The summed E-state index contributed by atoms with van der Waals surface area (Å²) >= 11 is 0. The molecule has 4 heteroatoms. The number of hydrogen-bond acceptors (Lipinski definition) is 3. The third-order valence-corrected chi connectivity index (χ3v) is 2.76. The summed E-state index contributed by atoms with van der Waals surface area (Å²) in [7, 11) is 3.25. The Bertz CT molecular complexity index is 395. The lowest BCUT2D eigenvalue weighted by molar-refractivity contribution is 0.172. The van der Waals surface area contributed by atoms with E-state index in [2.05, 4.69) is 6.58 Å². The molecule has 0 spiro atoms. The fourth-order valence-electron chi connectivity index (χ4n) is 1.72. The van der Waals surface area contributed by atoms with Crippen molar-refractivity contribution in [2.45, 2.75) is 18.9 Å². The van der Waals surface area contributed by atoms with Crippen LogP contribution in [-0.2, 0) is 0 Å². The summed E-state index contributed by atoms with van der Waals surface area (Å²) < 4.78 is 18.4. The highest BCUT2D eigenvalue weighted by atomic mass is 19.1. The number of halogens is 1. The number of rotatable bonds is 7. The normalized spacial score (nSPS) is 12.0. The highest BCUT2D eigenvalue weighted by Gasteiger charge is 2.10. The number of aliphatic hydroxyl groups excluding tert-OH is 1. The second kappa shape index (κ2) is 7.01. The smallest absolute Gasteiger partial charge is 0.167 e. The quantitative estimate of drug-likeness (QED) is 0.758. The number of aliphatic hydroxyl groups is 1. The van der Waals surface area contributed by atoms with Crippen molar-refractivity contribution in [1.82, 2.24) is 0 Å². The van der Waals surface area contributed by atoms with Gasteiger partial charge in [-0.15, -0.1) is 6.58 Å². The Balaban J connectivity index is 2.63. The summed E-state index contributed by atoms with van der Waals surface area (Å²) in [6.45, 7) is 4.07. The standard InChI is InChI=1S/C14H20FNO2/c1-4-5-6-12(17)10-16(2)11-7-8-14(18-3)13(15)9-11/h4,7-9,12,17H,1,5-6,10H2,2-3H3. The number of ether oxygens (including phenoxy) is 1. The summed E-state index contributed by atoms with van der Waals surface area (Å²) in [5.74, 6) is -0.179. The molecule has 1 unspecified atom stereocenters. The topological polar surface area (TPSA) is 32.7 Å². The zero-order valence-corrected chi connectivity index (χ0v) is 10.9. The average Bonchev–Trinajstić information content (AvgIpc) is 2.36. The Morgan fingerprint density at radius 1 is 1.56 bits per heavy atom. The van der Waals surface area contributed by atoms with E-state index in [4.69, 9.17) is 4.74 Å². The van der Waals surface area contributed by atoms with Crippen molar-refractivity contribution in [2.75, 3.05) is 25.6 Å². The van der Waals surface area contributed by atoms with Gasteiger partial charge in [0.1, 0.15) is 0 Å². The summed E-state index contributed by atoms with van der Waals surface area (Å²) in [5.41, 5.74) is 0.714. The number of likely N-dealkylation sites (N-methyl/N-ethyl adjacent to an activating group) is 1. The third-order valence-electron chi connectivity index (χ3n) is 2.76. The van der Waals surface area contributed by atoms with Crippen molar-refractivity contribution in [1.29, 1.82) is 0 Å². The van der Waals surface area contributed by atoms with Gasteiger partial charge in [-0.25, -0.2) is 4.39 Å². The van der Waals surface area contributed by atoms with E-state index in [1.165, 1.54) is 13.2 Å². The first-order valence-corrected chi connectivity index (χ1v) is 5.92. The van der Waals surface area contributed by atoms with Gasteiger partial charge in [-0.1, -0.05) is 6.08 Å². The SMILES string of the molecule is C=CCCC(O)CN(C)c1ccc(OC)c(F)c1. The maximum absolute atomic E-state index is 13.5. The van der Waals surface area contributed by atoms with Gasteiger partial charge in [0, 0.05) is 25.3 Å². The Hall–Kier alpha value is -1.55. The molecule has 0 bridgehead atoms. The molecule has 18 heavy (non-hydrogen) atoms. The summed E-state index contributed by atoms with van der Waals surface area (Å²) in [4.78, 5) is 1.82. The lowest BCUT2D eigenvalue weighted by Gasteiger charge is -2.22. The van der Waals surface area contributed by atoms with Gasteiger partial charge >= 0.3 is 0 Å². The van der Waals surface area contributed by atoms with Gasteiger partial charge in [-0.2, -0.15) is 0 Å². The maximum Gasteiger partial charge on any atom is 0.167 e. The van der Waals surface area contributed by atoms with Crippen LogP contribution in [0, 0.1) is 5.82 Å². The summed E-state index contributed by atoms with van der Waals surface area (Å²) in [5, 5.41) is 9.77. The molecule has 3 nitrogen and oxygen atoms in total. The van der Waals surface area contributed by atoms with Crippen LogP contribution in [-0.4, -0.2) is 31.9 Å². The van der Waals surface area contributed by atoms with E-state index in [1.54, 1.807) is 18.2 Å². The molecule has 0 fully saturated rings. The van der Waals surface area contributed by atoms with E-state index in [1.807, 2.05) is 11.9 Å². The minimum absolute atomic E-state index is 0.222. The molecular formula is C14H20FNO2. The Labute approximate surface area is 107 Å². The number of hydrogen-bond donors (Lipinski definition) is 1. The van der Waals surface area contributed by atoms with Crippen LogP contribution in [0.25, 0.3) is 0 Å². The van der Waals surface area contributed by atoms with Gasteiger partial charge in [0.05, 0.1) is 13.2 Å². The minimum atomic E-state index is -0.446. The first-order valence-electron chi connectivity index (χ1n) is 5.92. The van der Waals surface area contributed by atoms with E-state index in [-0.39, 0.29) is 5.75 Å². The molecule has 0 saturated carbocycles. The number of benzene rings is 1. The van der Waals surface area contributed by atoms with Crippen molar-refractivity contribution < 1.29 is 14.2 Å². The number of methoxy groups -OCH3 is 1. The highest BCUT2D eigenvalue weighted by molar-refractivity contribution is 5.49. The number of nitrogens with zero attached hydrogens (tertiary/aromatic N) is 1. The summed E-state index contributed by atoms with van der Waals surface area (Å²) in [6, 6.07) is 4.75. The highest BCUT2D eigenvalue weighted by Crippen LogP contribution is 2.23. The maximum atomic E-state index is 13.5. The zero-order valence-electron chi connectivity index (χ0n) is 10.9. The first kappa shape index (κ1) is 14.5. The molecule has 1 N–H and O–H groups in total. The summed E-state index contributed by atoms with van der Waals surface area (Å²) in [6.07, 6.45) is 2.76. The Morgan fingerprint density at radius 2 is 2.28 bits per heavy atom. The first-order chi connectivity index (χ1) is 8.58. The molecule has 0 aliphatic carbocycles. The van der Waals surface area contributed by atoms with Crippen LogP contribution in [0.3, 0.4) is 0 Å². The van der Waals surface area contributed by atoms with Crippen LogP contribution >= 0.6 is 0 Å². The van der Waals surface area contributed by atoms with E-state index in [9.17, 15) is 9.50 Å². The molecule has 0 aromatic heterocycles. The minimum Gasteiger partial charge on any atom is -0.494 e. The van der Waals surface area contributed by atoms with Crippen LogP contribution in [0.15, 0.2) is 30.9 Å². The van der Waals surface area contributed by atoms with Gasteiger partial charge in [-0.05, 0) is 25.0 Å². The fraction of sp³-hybridized carbons (Fsp3) is 0.429. The van der Waals surface area contributed by atoms with Gasteiger partial charge < -0.3 is 14.7 Å². The molecule has 1 atom stereocenters. The predicted octanol–water partition coefficient (Wildman–Crippen LogP) is 2.60. The molecule has 1 rings (SSSR count). The number of allylic oxidation sites excluding steroid dienone is 1. The molecule has 100 valence electrons. The Kier molecular flexibility index (Phi) is 5.65.